The number of hydrogen-bond donors (Lipinski definition) is 1. The smallest absolute Gasteiger partial charge is 0.333 e. The molecule has 1 rings (SSSR count). The second-order valence-electron chi connectivity index (χ2n) is 3.41. The lowest BCUT2D eigenvalue weighted by molar-refractivity contribution is -0.150. The summed E-state index contributed by atoms with van der Waals surface area (Å²) in [5.41, 5.74) is 5.17. The van der Waals surface area contributed by atoms with Crippen molar-refractivity contribution in [2.24, 2.45) is 5.73 Å². The SMILES string of the molecule is COC(=O)C(C)(C)n1cc(CN)nn1. The molecule has 0 aliphatic rings. The van der Waals surface area contributed by atoms with Gasteiger partial charge < -0.3 is 10.5 Å². The number of aromatic nitrogens is 3. The average molecular weight is 198 g/mol. The maximum absolute atomic E-state index is 11.4. The average Bonchev–Trinajstić information content (AvgIpc) is 2.65. The Morgan fingerprint density at radius 3 is 2.79 bits per heavy atom. The van der Waals surface area contributed by atoms with Crippen molar-refractivity contribution in [3.05, 3.63) is 11.9 Å². The van der Waals surface area contributed by atoms with Crippen molar-refractivity contribution in [1.29, 1.82) is 0 Å². The zero-order chi connectivity index (χ0) is 10.8. The van der Waals surface area contributed by atoms with Crippen LogP contribution in [-0.4, -0.2) is 28.1 Å². The molecule has 2 N–H and O–H groups in total. The highest BCUT2D eigenvalue weighted by Gasteiger charge is 2.32. The van der Waals surface area contributed by atoms with Crippen molar-refractivity contribution in [2.45, 2.75) is 25.9 Å². The molecular formula is C8H14N4O2. The minimum Gasteiger partial charge on any atom is -0.467 e. The van der Waals surface area contributed by atoms with Gasteiger partial charge in [0.1, 0.15) is 0 Å². The van der Waals surface area contributed by atoms with Gasteiger partial charge in [0.25, 0.3) is 0 Å². The number of rotatable bonds is 3. The Balaban J connectivity index is 2.97. The summed E-state index contributed by atoms with van der Waals surface area (Å²) >= 11 is 0. The number of methoxy groups -OCH3 is 1. The number of nitrogens with two attached hydrogens (primary N) is 1. The predicted molar refractivity (Wildman–Crippen MR) is 49.3 cm³/mol. The highest BCUT2D eigenvalue weighted by molar-refractivity contribution is 5.77. The fourth-order valence-electron chi connectivity index (χ4n) is 1.01. The highest BCUT2D eigenvalue weighted by Crippen LogP contribution is 2.15. The molecule has 0 unspecified atom stereocenters. The van der Waals surface area contributed by atoms with Gasteiger partial charge in [-0.2, -0.15) is 0 Å². The molecule has 1 aromatic rings. The van der Waals surface area contributed by atoms with Crippen molar-refractivity contribution < 1.29 is 9.53 Å². The topological polar surface area (TPSA) is 83.0 Å². The van der Waals surface area contributed by atoms with Gasteiger partial charge in [-0.15, -0.1) is 5.10 Å². The van der Waals surface area contributed by atoms with E-state index in [4.69, 9.17) is 5.73 Å². The van der Waals surface area contributed by atoms with E-state index in [1.54, 1.807) is 20.0 Å². The van der Waals surface area contributed by atoms with E-state index in [1.807, 2.05) is 0 Å². The van der Waals surface area contributed by atoms with Crippen LogP contribution in [0.2, 0.25) is 0 Å². The third kappa shape index (κ3) is 1.74. The zero-order valence-electron chi connectivity index (χ0n) is 8.52. The number of ether oxygens (including phenoxy) is 1. The van der Waals surface area contributed by atoms with Gasteiger partial charge in [-0.1, -0.05) is 5.21 Å². The van der Waals surface area contributed by atoms with Crippen molar-refractivity contribution >= 4 is 5.97 Å². The molecule has 0 amide bonds. The first-order chi connectivity index (χ1) is 6.52. The van der Waals surface area contributed by atoms with E-state index in [0.29, 0.717) is 12.2 Å². The molecule has 0 fully saturated rings. The predicted octanol–water partition coefficient (Wildman–Crippen LogP) is -0.355. The Morgan fingerprint density at radius 1 is 1.71 bits per heavy atom. The fraction of sp³-hybridized carbons (Fsp3) is 0.625. The molecule has 6 nitrogen and oxygen atoms in total. The molecule has 14 heavy (non-hydrogen) atoms. The molecule has 0 saturated carbocycles. The van der Waals surface area contributed by atoms with E-state index in [1.165, 1.54) is 11.8 Å². The lowest BCUT2D eigenvalue weighted by atomic mass is 10.1. The van der Waals surface area contributed by atoms with E-state index in [-0.39, 0.29) is 5.97 Å². The monoisotopic (exact) mass is 198 g/mol. The lowest BCUT2D eigenvalue weighted by Gasteiger charge is -2.20. The number of hydrogen-bond acceptors (Lipinski definition) is 5. The first-order valence-electron chi connectivity index (χ1n) is 4.22. The molecular weight excluding hydrogens is 184 g/mol. The van der Waals surface area contributed by atoms with Crippen molar-refractivity contribution in [3.8, 4) is 0 Å². The number of nitrogens with zero attached hydrogens (tertiary/aromatic N) is 3. The molecule has 0 aromatic carbocycles. The van der Waals surface area contributed by atoms with Gasteiger partial charge in [0.05, 0.1) is 19.0 Å². The largest absolute Gasteiger partial charge is 0.467 e. The third-order valence-electron chi connectivity index (χ3n) is 2.01. The van der Waals surface area contributed by atoms with Crippen molar-refractivity contribution in [3.63, 3.8) is 0 Å². The van der Waals surface area contributed by atoms with Crippen molar-refractivity contribution in [1.82, 2.24) is 15.0 Å². The lowest BCUT2D eigenvalue weighted by Crippen LogP contribution is -2.37. The normalized spacial score (nSPS) is 11.4. The van der Waals surface area contributed by atoms with Gasteiger partial charge in [0.15, 0.2) is 5.54 Å². The summed E-state index contributed by atoms with van der Waals surface area (Å²) < 4.78 is 6.10. The summed E-state index contributed by atoms with van der Waals surface area (Å²) in [5, 5.41) is 7.61. The summed E-state index contributed by atoms with van der Waals surface area (Å²) in [6, 6.07) is 0. The third-order valence-corrected chi connectivity index (χ3v) is 2.01. The van der Waals surface area contributed by atoms with Gasteiger partial charge in [-0.25, -0.2) is 9.48 Å². The summed E-state index contributed by atoms with van der Waals surface area (Å²) in [6.45, 7) is 3.71. The van der Waals surface area contributed by atoms with Crippen LogP contribution in [0.5, 0.6) is 0 Å². The Morgan fingerprint density at radius 2 is 2.36 bits per heavy atom. The molecule has 0 aliphatic heterocycles. The molecule has 6 heteroatoms. The van der Waals surface area contributed by atoms with E-state index < -0.39 is 5.54 Å². The summed E-state index contributed by atoms with van der Waals surface area (Å²) in [5.74, 6) is -0.369. The number of carbonyl (C=O) groups excluding carboxylic acids is 1. The van der Waals surface area contributed by atoms with Gasteiger partial charge in [-0.05, 0) is 13.8 Å². The fourth-order valence-corrected chi connectivity index (χ4v) is 1.01. The second-order valence-corrected chi connectivity index (χ2v) is 3.41. The van der Waals surface area contributed by atoms with E-state index in [2.05, 4.69) is 15.0 Å². The molecule has 0 aliphatic carbocycles. The van der Waals surface area contributed by atoms with Crippen LogP contribution < -0.4 is 5.73 Å². The van der Waals surface area contributed by atoms with Crippen molar-refractivity contribution in [2.75, 3.05) is 7.11 Å². The summed E-state index contributed by atoms with van der Waals surface area (Å²) in [7, 11) is 1.34. The molecule has 0 bridgehead atoms. The Hall–Kier alpha value is -1.43. The Labute approximate surface area is 82.0 Å². The zero-order valence-corrected chi connectivity index (χ0v) is 8.52. The maximum atomic E-state index is 11.4. The first-order valence-corrected chi connectivity index (χ1v) is 4.22. The van der Waals surface area contributed by atoms with Crippen LogP contribution in [0.1, 0.15) is 19.5 Å². The van der Waals surface area contributed by atoms with Gasteiger partial charge >= 0.3 is 5.97 Å². The van der Waals surface area contributed by atoms with E-state index in [9.17, 15) is 4.79 Å². The van der Waals surface area contributed by atoms with Crippen LogP contribution in [0.3, 0.4) is 0 Å². The standard InChI is InChI=1S/C8H14N4O2/c1-8(2,7(13)14-3)12-5-6(4-9)10-11-12/h5H,4,9H2,1-3H3. The van der Waals surface area contributed by atoms with Crippen LogP contribution in [0, 0.1) is 0 Å². The van der Waals surface area contributed by atoms with Crippen LogP contribution >= 0.6 is 0 Å². The van der Waals surface area contributed by atoms with Gasteiger partial charge in [0, 0.05) is 6.54 Å². The van der Waals surface area contributed by atoms with Gasteiger partial charge in [-0.3, -0.25) is 0 Å². The van der Waals surface area contributed by atoms with Crippen LogP contribution in [0.25, 0.3) is 0 Å². The van der Waals surface area contributed by atoms with E-state index >= 15 is 0 Å². The molecule has 78 valence electrons. The highest BCUT2D eigenvalue weighted by atomic mass is 16.5. The minimum atomic E-state index is -0.852. The number of esters is 1. The molecule has 1 aromatic heterocycles. The Kier molecular flexibility index (Phi) is 2.85. The number of carbonyl (C=O) groups is 1. The summed E-state index contributed by atoms with van der Waals surface area (Å²) in [6.07, 6.45) is 1.64. The maximum Gasteiger partial charge on any atom is 0.333 e. The Bertz CT molecular complexity index is 332. The van der Waals surface area contributed by atoms with E-state index in [0.717, 1.165) is 0 Å². The molecule has 0 saturated heterocycles. The first kappa shape index (κ1) is 10.6. The molecule has 1 heterocycles. The summed E-state index contributed by atoms with van der Waals surface area (Å²) in [4.78, 5) is 11.4. The van der Waals surface area contributed by atoms with Crippen LogP contribution in [0.4, 0.5) is 0 Å². The molecule has 0 atom stereocenters. The molecule has 0 spiro atoms. The quantitative estimate of drug-likeness (QED) is 0.671. The van der Waals surface area contributed by atoms with Crippen LogP contribution in [0.15, 0.2) is 6.20 Å². The second kappa shape index (κ2) is 3.75. The molecule has 0 radical (unpaired) electrons. The van der Waals surface area contributed by atoms with Crippen LogP contribution in [-0.2, 0) is 21.6 Å². The van der Waals surface area contributed by atoms with Gasteiger partial charge in [0.2, 0.25) is 0 Å². The minimum absolute atomic E-state index is 0.303.